The van der Waals surface area contributed by atoms with Gasteiger partial charge in [-0.15, -0.1) is 12.4 Å². The van der Waals surface area contributed by atoms with Gasteiger partial charge in [0.15, 0.2) is 11.6 Å². The van der Waals surface area contributed by atoms with Gasteiger partial charge in [-0.1, -0.05) is 12.2 Å². The van der Waals surface area contributed by atoms with E-state index in [1.54, 1.807) is 4.57 Å². The minimum atomic E-state index is -0.598. The molecule has 7 nitrogen and oxygen atoms in total. The number of rotatable bonds is 3. The number of aromatic nitrogens is 2. The molecule has 1 aromatic carbocycles. The summed E-state index contributed by atoms with van der Waals surface area (Å²) in [5, 5.41) is 0.135. The SMILES string of the molecule is COc1c(N2CC3C=CC(N)C3C2)c(F)cc2c(=O)[nH]c(=O)n(C3CC3)c12.Cl. The molecule has 28 heavy (non-hydrogen) atoms. The minimum Gasteiger partial charge on any atom is -0.492 e. The molecule has 3 aliphatic rings. The molecule has 1 saturated carbocycles. The van der Waals surface area contributed by atoms with Crippen LogP contribution in [-0.4, -0.2) is 35.8 Å². The van der Waals surface area contributed by atoms with E-state index in [0.29, 0.717) is 24.3 Å². The number of hydrogen-bond acceptors (Lipinski definition) is 5. The Bertz CT molecular complexity index is 1090. The lowest BCUT2D eigenvalue weighted by Gasteiger charge is -2.25. The van der Waals surface area contributed by atoms with Gasteiger partial charge in [0.2, 0.25) is 0 Å². The number of anilines is 1. The Kier molecular flexibility index (Phi) is 4.50. The average molecular weight is 409 g/mol. The standard InChI is InChI=1S/C19H21FN4O3.ClH/c1-27-17-15-11(18(25)22-19(26)24(15)10-3-4-10)6-13(20)16(17)23-7-9-2-5-14(21)12(9)8-23;/h2,5-6,9-10,12,14H,3-4,7-8,21H2,1H3,(H,22,25,26);1H. The second-order valence-corrected chi connectivity index (χ2v) is 7.69. The summed E-state index contributed by atoms with van der Waals surface area (Å²) in [7, 11) is 1.45. The van der Waals surface area contributed by atoms with E-state index in [4.69, 9.17) is 10.5 Å². The smallest absolute Gasteiger partial charge is 0.329 e. The number of fused-ring (bicyclic) bond motifs is 2. The Morgan fingerprint density at radius 2 is 2.00 bits per heavy atom. The fourth-order valence-electron chi connectivity index (χ4n) is 4.58. The van der Waals surface area contributed by atoms with Crippen LogP contribution in [0.25, 0.3) is 10.9 Å². The van der Waals surface area contributed by atoms with Gasteiger partial charge in [0.05, 0.1) is 12.5 Å². The second-order valence-electron chi connectivity index (χ2n) is 7.69. The molecule has 0 amide bonds. The highest BCUT2D eigenvalue weighted by Crippen LogP contribution is 2.45. The summed E-state index contributed by atoms with van der Waals surface area (Å²) in [6.07, 6.45) is 5.80. The number of hydrogen-bond donors (Lipinski definition) is 2. The maximum atomic E-state index is 15.1. The summed E-state index contributed by atoms with van der Waals surface area (Å²) in [4.78, 5) is 29.0. The van der Waals surface area contributed by atoms with Gasteiger partial charge in [-0.3, -0.25) is 14.3 Å². The van der Waals surface area contributed by atoms with Crippen LogP contribution in [0.3, 0.4) is 0 Å². The number of benzene rings is 1. The zero-order valence-corrected chi connectivity index (χ0v) is 16.2. The number of methoxy groups -OCH3 is 1. The summed E-state index contributed by atoms with van der Waals surface area (Å²) in [5.74, 6) is 0.222. The van der Waals surface area contributed by atoms with Gasteiger partial charge in [-0.05, 0) is 18.9 Å². The summed E-state index contributed by atoms with van der Waals surface area (Å²) in [6.45, 7) is 1.24. The van der Waals surface area contributed by atoms with Gasteiger partial charge in [-0.2, -0.15) is 0 Å². The van der Waals surface area contributed by atoms with Crippen molar-refractivity contribution in [3.63, 3.8) is 0 Å². The van der Waals surface area contributed by atoms with Gasteiger partial charge in [-0.25, -0.2) is 9.18 Å². The number of nitrogens with two attached hydrogens (primary N) is 1. The third-order valence-corrected chi connectivity index (χ3v) is 6.03. The van der Waals surface area contributed by atoms with E-state index < -0.39 is 17.1 Å². The molecule has 0 spiro atoms. The third kappa shape index (κ3) is 2.66. The Morgan fingerprint density at radius 3 is 2.64 bits per heavy atom. The van der Waals surface area contributed by atoms with Crippen LogP contribution in [0.1, 0.15) is 18.9 Å². The lowest BCUT2D eigenvalue weighted by molar-refractivity contribution is 0.412. The first-order chi connectivity index (χ1) is 13.0. The molecule has 5 rings (SSSR count). The van der Waals surface area contributed by atoms with Crippen molar-refractivity contribution >= 4 is 29.0 Å². The van der Waals surface area contributed by atoms with Crippen LogP contribution < -0.4 is 26.6 Å². The molecule has 3 unspecified atom stereocenters. The summed E-state index contributed by atoms with van der Waals surface area (Å²) < 4.78 is 22.2. The van der Waals surface area contributed by atoms with Crippen molar-refractivity contribution in [2.45, 2.75) is 24.9 Å². The van der Waals surface area contributed by atoms with Crippen LogP contribution in [0.4, 0.5) is 10.1 Å². The fraction of sp³-hybridized carbons (Fsp3) is 0.474. The van der Waals surface area contributed by atoms with Crippen molar-refractivity contribution < 1.29 is 9.13 Å². The zero-order chi connectivity index (χ0) is 18.9. The number of nitrogens with one attached hydrogen (secondary N) is 1. The highest BCUT2D eigenvalue weighted by atomic mass is 35.5. The molecule has 2 fully saturated rings. The van der Waals surface area contributed by atoms with E-state index in [9.17, 15) is 9.59 Å². The van der Waals surface area contributed by atoms with Crippen molar-refractivity contribution in [1.29, 1.82) is 0 Å². The van der Waals surface area contributed by atoms with Gasteiger partial charge < -0.3 is 15.4 Å². The van der Waals surface area contributed by atoms with E-state index in [1.807, 2.05) is 11.0 Å². The normalized spacial score (nSPS) is 25.8. The molecule has 0 bridgehead atoms. The minimum absolute atomic E-state index is 0. The molecule has 3 N–H and O–H groups in total. The molecule has 2 aromatic rings. The van der Waals surface area contributed by atoms with E-state index in [-0.39, 0.29) is 47.5 Å². The average Bonchev–Trinajstić information content (AvgIpc) is 3.28. The van der Waals surface area contributed by atoms with Gasteiger partial charge in [0, 0.05) is 37.0 Å². The first-order valence-electron chi connectivity index (χ1n) is 9.23. The topological polar surface area (TPSA) is 93.3 Å². The number of aromatic amines is 1. The van der Waals surface area contributed by atoms with Crippen LogP contribution in [-0.2, 0) is 0 Å². The predicted octanol–water partition coefficient (Wildman–Crippen LogP) is 1.54. The molecule has 9 heteroatoms. The number of nitrogens with zero attached hydrogens (tertiary/aromatic N) is 2. The molecule has 2 heterocycles. The summed E-state index contributed by atoms with van der Waals surface area (Å²) >= 11 is 0. The highest BCUT2D eigenvalue weighted by molar-refractivity contribution is 5.91. The van der Waals surface area contributed by atoms with Crippen molar-refractivity contribution in [2.24, 2.45) is 17.6 Å². The van der Waals surface area contributed by atoms with Gasteiger partial charge in [0.1, 0.15) is 11.2 Å². The molecule has 3 atom stereocenters. The maximum Gasteiger partial charge on any atom is 0.329 e. The third-order valence-electron chi connectivity index (χ3n) is 6.03. The highest BCUT2D eigenvalue weighted by Gasteiger charge is 2.40. The summed E-state index contributed by atoms with van der Waals surface area (Å²) in [6, 6.07) is 1.19. The molecule has 1 aliphatic heterocycles. The number of H-pyrrole nitrogens is 1. The van der Waals surface area contributed by atoms with Crippen LogP contribution in [0.5, 0.6) is 5.75 Å². The molecule has 2 aliphatic carbocycles. The molecule has 1 aromatic heterocycles. The van der Waals surface area contributed by atoms with Gasteiger partial charge >= 0.3 is 5.69 Å². The number of ether oxygens (including phenoxy) is 1. The molecular formula is C19H22ClFN4O3. The first-order valence-corrected chi connectivity index (χ1v) is 9.23. The molecule has 150 valence electrons. The maximum absolute atomic E-state index is 15.1. The fourth-order valence-corrected chi connectivity index (χ4v) is 4.58. The van der Waals surface area contributed by atoms with E-state index >= 15 is 4.39 Å². The lowest BCUT2D eigenvalue weighted by atomic mass is 9.97. The second kappa shape index (κ2) is 6.63. The first kappa shape index (κ1) is 19.0. The Labute approximate surface area is 166 Å². The monoisotopic (exact) mass is 408 g/mol. The van der Waals surface area contributed by atoms with Crippen LogP contribution in [0, 0.1) is 17.7 Å². The van der Waals surface area contributed by atoms with Crippen LogP contribution >= 0.6 is 12.4 Å². The Morgan fingerprint density at radius 1 is 1.25 bits per heavy atom. The van der Waals surface area contributed by atoms with E-state index in [0.717, 1.165) is 12.8 Å². The van der Waals surface area contributed by atoms with Gasteiger partial charge in [0.25, 0.3) is 5.56 Å². The quantitative estimate of drug-likeness (QED) is 0.751. The van der Waals surface area contributed by atoms with Crippen LogP contribution in [0.15, 0.2) is 27.8 Å². The number of halogens is 2. The van der Waals surface area contributed by atoms with Crippen molar-refractivity contribution in [1.82, 2.24) is 9.55 Å². The van der Waals surface area contributed by atoms with Crippen LogP contribution in [0.2, 0.25) is 0 Å². The summed E-state index contributed by atoms with van der Waals surface area (Å²) in [5.41, 5.74) is 5.75. The van der Waals surface area contributed by atoms with E-state index in [1.165, 1.54) is 13.2 Å². The van der Waals surface area contributed by atoms with E-state index in [2.05, 4.69) is 11.1 Å². The molecule has 0 radical (unpaired) electrons. The van der Waals surface area contributed by atoms with Crippen molar-refractivity contribution in [3.05, 3.63) is 44.9 Å². The molecule has 1 saturated heterocycles. The largest absolute Gasteiger partial charge is 0.492 e. The Hall–Kier alpha value is -2.32. The molecular weight excluding hydrogens is 387 g/mol. The van der Waals surface area contributed by atoms with Crippen molar-refractivity contribution in [3.8, 4) is 5.75 Å². The van der Waals surface area contributed by atoms with Crippen molar-refractivity contribution in [2.75, 3.05) is 25.1 Å². The predicted molar refractivity (Wildman–Crippen MR) is 107 cm³/mol. The zero-order valence-electron chi connectivity index (χ0n) is 15.4. The Balaban J connectivity index is 0.00000192. The lowest BCUT2D eigenvalue weighted by Crippen LogP contribution is -2.32.